The molecule has 0 radical (unpaired) electrons. The van der Waals surface area contributed by atoms with E-state index in [1.807, 2.05) is 12.1 Å². The average Bonchev–Trinajstić information content (AvgIpc) is 2.98. The summed E-state index contributed by atoms with van der Waals surface area (Å²) in [5, 5.41) is 14.9. The van der Waals surface area contributed by atoms with Crippen molar-refractivity contribution in [1.82, 2.24) is 30.4 Å². The van der Waals surface area contributed by atoms with E-state index in [0.29, 0.717) is 18.7 Å². The normalized spacial score (nSPS) is 11.0. The van der Waals surface area contributed by atoms with Crippen molar-refractivity contribution in [2.45, 2.75) is 31.6 Å². The summed E-state index contributed by atoms with van der Waals surface area (Å²) in [6.07, 6.45) is 0.440. The Hall–Kier alpha value is -1.93. The van der Waals surface area contributed by atoms with Crippen LogP contribution in [0, 0.1) is 0 Å². The van der Waals surface area contributed by atoms with Crippen LogP contribution in [0.15, 0.2) is 29.4 Å². The molecule has 1 aromatic carbocycles. The topological polar surface area (TPSA) is 75.9 Å². The van der Waals surface area contributed by atoms with Crippen LogP contribution in [0.5, 0.6) is 0 Å². The SMILES string of the molecule is CCN(C)Cc1cccc(CNC(=O)CCSc2nnnn2C)c1. The number of nitrogens with zero attached hydrogens (tertiary/aromatic N) is 5. The van der Waals surface area contributed by atoms with E-state index in [0.717, 1.165) is 23.8 Å². The number of hydrogen-bond donors (Lipinski definition) is 1. The molecule has 0 unspecified atom stereocenters. The molecule has 8 heteroatoms. The first kappa shape index (κ1) is 18.4. The number of thioether (sulfide) groups is 1. The van der Waals surface area contributed by atoms with Gasteiger partial charge in [0, 0.05) is 32.3 Å². The fraction of sp³-hybridized carbons (Fsp3) is 0.500. The Morgan fingerprint density at radius 3 is 2.88 bits per heavy atom. The smallest absolute Gasteiger partial charge is 0.221 e. The Balaban J connectivity index is 1.73. The second kappa shape index (κ2) is 9.39. The van der Waals surface area contributed by atoms with Crippen molar-refractivity contribution < 1.29 is 4.79 Å². The number of amides is 1. The number of tetrazole rings is 1. The maximum Gasteiger partial charge on any atom is 0.221 e. The summed E-state index contributed by atoms with van der Waals surface area (Å²) in [7, 11) is 3.88. The molecule has 0 saturated heterocycles. The van der Waals surface area contributed by atoms with Gasteiger partial charge in [0.15, 0.2) is 0 Å². The highest BCUT2D eigenvalue weighted by atomic mass is 32.2. The Bertz CT molecular complexity index is 660. The first-order chi connectivity index (χ1) is 11.6. The molecule has 1 N–H and O–H groups in total. The molecular formula is C16H24N6OS. The van der Waals surface area contributed by atoms with Crippen molar-refractivity contribution >= 4 is 17.7 Å². The number of aryl methyl sites for hydroxylation is 1. The molecule has 0 spiro atoms. The lowest BCUT2D eigenvalue weighted by atomic mass is 10.1. The van der Waals surface area contributed by atoms with E-state index in [1.165, 1.54) is 17.3 Å². The van der Waals surface area contributed by atoms with Crippen molar-refractivity contribution in [2.24, 2.45) is 7.05 Å². The molecule has 0 saturated carbocycles. The van der Waals surface area contributed by atoms with Gasteiger partial charge in [-0.3, -0.25) is 4.79 Å². The van der Waals surface area contributed by atoms with E-state index in [2.05, 4.69) is 51.8 Å². The van der Waals surface area contributed by atoms with Crippen molar-refractivity contribution in [2.75, 3.05) is 19.3 Å². The molecule has 0 fully saturated rings. The highest BCUT2D eigenvalue weighted by molar-refractivity contribution is 7.99. The minimum absolute atomic E-state index is 0.0358. The second-order valence-electron chi connectivity index (χ2n) is 5.61. The molecule has 24 heavy (non-hydrogen) atoms. The zero-order valence-corrected chi connectivity index (χ0v) is 15.2. The average molecular weight is 348 g/mol. The molecule has 1 heterocycles. The van der Waals surface area contributed by atoms with Gasteiger partial charge in [-0.25, -0.2) is 4.68 Å². The Kier molecular flexibility index (Phi) is 7.20. The first-order valence-electron chi connectivity index (χ1n) is 7.96. The monoisotopic (exact) mass is 348 g/mol. The number of rotatable bonds is 9. The summed E-state index contributed by atoms with van der Waals surface area (Å²) in [5.74, 6) is 0.690. The van der Waals surface area contributed by atoms with Gasteiger partial charge in [-0.1, -0.05) is 43.0 Å². The summed E-state index contributed by atoms with van der Waals surface area (Å²) < 4.78 is 1.60. The Morgan fingerprint density at radius 1 is 1.38 bits per heavy atom. The van der Waals surface area contributed by atoms with Gasteiger partial charge < -0.3 is 10.2 Å². The third-order valence-electron chi connectivity index (χ3n) is 3.61. The molecule has 130 valence electrons. The quantitative estimate of drug-likeness (QED) is 0.692. The first-order valence-corrected chi connectivity index (χ1v) is 8.95. The maximum absolute atomic E-state index is 11.9. The Morgan fingerprint density at radius 2 is 2.17 bits per heavy atom. The van der Waals surface area contributed by atoms with Crippen molar-refractivity contribution in [3.8, 4) is 0 Å². The molecular weight excluding hydrogens is 324 g/mol. The zero-order chi connectivity index (χ0) is 17.4. The second-order valence-corrected chi connectivity index (χ2v) is 6.67. The highest BCUT2D eigenvalue weighted by Gasteiger charge is 2.06. The number of carbonyl (C=O) groups is 1. The van der Waals surface area contributed by atoms with E-state index < -0.39 is 0 Å². The number of hydrogen-bond acceptors (Lipinski definition) is 6. The lowest BCUT2D eigenvalue weighted by molar-refractivity contribution is -0.120. The van der Waals surface area contributed by atoms with Crippen LogP contribution in [0.4, 0.5) is 0 Å². The molecule has 1 amide bonds. The van der Waals surface area contributed by atoms with Crippen LogP contribution in [-0.2, 0) is 24.9 Å². The van der Waals surface area contributed by atoms with E-state index in [1.54, 1.807) is 11.7 Å². The van der Waals surface area contributed by atoms with Crippen LogP contribution in [0.25, 0.3) is 0 Å². The summed E-state index contributed by atoms with van der Waals surface area (Å²) in [4.78, 5) is 14.2. The van der Waals surface area contributed by atoms with Crippen molar-refractivity contribution in [1.29, 1.82) is 0 Å². The van der Waals surface area contributed by atoms with Crippen molar-refractivity contribution in [3.63, 3.8) is 0 Å². The summed E-state index contributed by atoms with van der Waals surface area (Å²) in [6, 6.07) is 8.34. The van der Waals surface area contributed by atoms with Crippen LogP contribution >= 0.6 is 11.8 Å². The number of benzene rings is 1. The predicted octanol–water partition coefficient (Wildman–Crippen LogP) is 1.46. The number of nitrogens with one attached hydrogen (secondary N) is 1. The Labute approximate surface area is 146 Å². The molecule has 0 atom stereocenters. The van der Waals surface area contributed by atoms with Crippen molar-refractivity contribution in [3.05, 3.63) is 35.4 Å². The predicted molar refractivity (Wildman–Crippen MR) is 94.4 cm³/mol. The number of aromatic nitrogens is 4. The molecule has 0 aliphatic carbocycles. The highest BCUT2D eigenvalue weighted by Crippen LogP contribution is 2.13. The minimum atomic E-state index is 0.0358. The van der Waals surface area contributed by atoms with Gasteiger partial charge in [-0.15, -0.1) is 5.10 Å². The van der Waals surface area contributed by atoms with Gasteiger partial charge in [0.25, 0.3) is 0 Å². The fourth-order valence-electron chi connectivity index (χ4n) is 2.13. The molecule has 7 nitrogen and oxygen atoms in total. The van der Waals surface area contributed by atoms with E-state index in [9.17, 15) is 4.79 Å². The van der Waals surface area contributed by atoms with Gasteiger partial charge in [0.1, 0.15) is 0 Å². The van der Waals surface area contributed by atoms with E-state index >= 15 is 0 Å². The largest absolute Gasteiger partial charge is 0.352 e. The van der Waals surface area contributed by atoms with Crippen LogP contribution < -0.4 is 5.32 Å². The fourth-order valence-corrected chi connectivity index (χ4v) is 2.92. The van der Waals surface area contributed by atoms with Gasteiger partial charge in [0.2, 0.25) is 11.1 Å². The van der Waals surface area contributed by atoms with E-state index in [4.69, 9.17) is 0 Å². The molecule has 2 rings (SSSR count). The molecule has 0 bridgehead atoms. The van der Waals surface area contributed by atoms with Gasteiger partial charge in [0.05, 0.1) is 0 Å². The van der Waals surface area contributed by atoms with E-state index in [-0.39, 0.29) is 5.91 Å². The maximum atomic E-state index is 11.9. The third kappa shape index (κ3) is 5.93. The minimum Gasteiger partial charge on any atom is -0.352 e. The molecule has 2 aromatic rings. The van der Waals surface area contributed by atoms with Crippen LogP contribution in [0.1, 0.15) is 24.5 Å². The summed E-state index contributed by atoms with van der Waals surface area (Å²) >= 11 is 1.48. The number of carbonyl (C=O) groups excluding carboxylic acids is 1. The van der Waals surface area contributed by atoms with Gasteiger partial charge in [-0.05, 0) is 35.1 Å². The zero-order valence-electron chi connectivity index (χ0n) is 14.4. The van der Waals surface area contributed by atoms with Crippen LogP contribution in [0.3, 0.4) is 0 Å². The third-order valence-corrected chi connectivity index (χ3v) is 4.63. The molecule has 0 aliphatic rings. The van der Waals surface area contributed by atoms with Crippen LogP contribution in [-0.4, -0.2) is 50.4 Å². The standard InChI is InChI=1S/C16H24N6OS/c1-4-21(2)12-14-7-5-6-13(10-14)11-17-15(23)8-9-24-16-18-19-20-22(16)3/h5-7,10H,4,8-9,11-12H2,1-3H3,(H,17,23). The van der Waals surface area contributed by atoms with Crippen LogP contribution in [0.2, 0.25) is 0 Å². The lowest BCUT2D eigenvalue weighted by Gasteiger charge is -2.14. The van der Waals surface area contributed by atoms with Gasteiger partial charge in [-0.2, -0.15) is 0 Å². The molecule has 1 aromatic heterocycles. The summed E-state index contributed by atoms with van der Waals surface area (Å²) in [5.41, 5.74) is 2.38. The van der Waals surface area contributed by atoms with Gasteiger partial charge >= 0.3 is 0 Å². The lowest BCUT2D eigenvalue weighted by Crippen LogP contribution is -2.23. The summed E-state index contributed by atoms with van der Waals surface area (Å²) in [6.45, 7) is 4.62. The molecule has 0 aliphatic heterocycles.